The molecule has 1 aromatic carbocycles. The van der Waals surface area contributed by atoms with E-state index < -0.39 is 5.91 Å². The Morgan fingerprint density at radius 3 is 2.53 bits per heavy atom. The molecule has 1 aliphatic rings. The van der Waals surface area contributed by atoms with Crippen LogP contribution in [-0.2, 0) is 17.6 Å². The third kappa shape index (κ3) is 5.30. The minimum Gasteiger partial charge on any atom is -0.383 e. The molecule has 9 heteroatoms. The number of primary amides is 1. The van der Waals surface area contributed by atoms with Crippen LogP contribution in [0.15, 0.2) is 34.9 Å². The van der Waals surface area contributed by atoms with E-state index in [1.54, 1.807) is 16.8 Å². The van der Waals surface area contributed by atoms with Crippen LogP contribution in [0.4, 0.5) is 11.7 Å². The maximum atomic E-state index is 12.5. The van der Waals surface area contributed by atoms with Crippen LogP contribution in [0.3, 0.4) is 0 Å². The number of nitrogen functional groups attached to an aromatic ring is 1. The Morgan fingerprint density at radius 2 is 1.88 bits per heavy atom. The number of anilines is 2. The first-order valence-corrected chi connectivity index (χ1v) is 11.8. The highest BCUT2D eigenvalue weighted by Crippen LogP contribution is 2.30. The number of nitrogens with two attached hydrogens (primary N) is 2. The standard InChI is InChI=1S/C25H32N6O3/c1-15(2)31-24(26)22(25(27)33)23(29-31)18-10-8-17(9-11-18)13-20(32)28-21-14-19(30-34-21)12-16-6-4-3-5-7-16/h8-11,14-16H,3-7,12-13,26H2,1-2H3,(H2,27,33)(H,28,32). The van der Waals surface area contributed by atoms with Crippen molar-refractivity contribution < 1.29 is 14.1 Å². The smallest absolute Gasteiger partial charge is 0.254 e. The van der Waals surface area contributed by atoms with Crippen LogP contribution in [0.5, 0.6) is 0 Å². The zero-order valence-corrected chi connectivity index (χ0v) is 19.7. The van der Waals surface area contributed by atoms with Crippen LogP contribution in [0.1, 0.15) is 73.6 Å². The lowest BCUT2D eigenvalue weighted by atomic mass is 9.86. The van der Waals surface area contributed by atoms with Gasteiger partial charge < -0.3 is 16.0 Å². The Kier molecular flexibility index (Phi) is 7.00. The van der Waals surface area contributed by atoms with Crippen molar-refractivity contribution in [1.29, 1.82) is 0 Å². The second kappa shape index (κ2) is 10.1. The van der Waals surface area contributed by atoms with Crippen molar-refractivity contribution in [1.82, 2.24) is 14.9 Å². The maximum absolute atomic E-state index is 12.5. The number of carbonyl (C=O) groups is 2. The van der Waals surface area contributed by atoms with E-state index in [1.807, 2.05) is 32.0 Å². The summed E-state index contributed by atoms with van der Waals surface area (Å²) in [5, 5.41) is 11.4. The fourth-order valence-electron chi connectivity index (χ4n) is 4.59. The summed E-state index contributed by atoms with van der Waals surface area (Å²) in [4.78, 5) is 24.5. The normalized spacial score (nSPS) is 14.4. The van der Waals surface area contributed by atoms with E-state index in [-0.39, 0.29) is 29.8 Å². The van der Waals surface area contributed by atoms with Crippen molar-refractivity contribution in [2.24, 2.45) is 11.7 Å². The third-order valence-electron chi connectivity index (χ3n) is 6.32. The molecule has 1 fully saturated rings. The molecular weight excluding hydrogens is 432 g/mol. The molecule has 9 nitrogen and oxygen atoms in total. The maximum Gasteiger partial charge on any atom is 0.254 e. The number of benzene rings is 1. The third-order valence-corrected chi connectivity index (χ3v) is 6.32. The average Bonchev–Trinajstić information content (AvgIpc) is 3.38. The number of nitrogens with one attached hydrogen (secondary N) is 1. The number of hydrogen-bond acceptors (Lipinski definition) is 6. The van der Waals surface area contributed by atoms with Gasteiger partial charge in [-0.25, -0.2) is 4.68 Å². The van der Waals surface area contributed by atoms with Crippen LogP contribution < -0.4 is 16.8 Å². The monoisotopic (exact) mass is 464 g/mol. The van der Waals surface area contributed by atoms with Gasteiger partial charge in [-0.2, -0.15) is 5.10 Å². The molecule has 2 aromatic heterocycles. The van der Waals surface area contributed by atoms with Crippen molar-refractivity contribution >= 4 is 23.5 Å². The topological polar surface area (TPSA) is 142 Å². The van der Waals surface area contributed by atoms with Crippen molar-refractivity contribution in [3.05, 3.63) is 47.2 Å². The minimum atomic E-state index is -0.627. The number of nitrogens with zero attached hydrogens (tertiary/aromatic N) is 3. The van der Waals surface area contributed by atoms with Crippen LogP contribution >= 0.6 is 0 Å². The van der Waals surface area contributed by atoms with E-state index in [0.717, 1.165) is 17.7 Å². The second-order valence-corrected chi connectivity index (χ2v) is 9.32. The summed E-state index contributed by atoms with van der Waals surface area (Å²) in [6.45, 7) is 3.85. The van der Waals surface area contributed by atoms with E-state index in [4.69, 9.17) is 16.0 Å². The van der Waals surface area contributed by atoms with E-state index in [9.17, 15) is 9.59 Å². The average molecular weight is 465 g/mol. The quantitative estimate of drug-likeness (QED) is 0.458. The molecule has 2 amide bonds. The van der Waals surface area contributed by atoms with E-state index >= 15 is 0 Å². The van der Waals surface area contributed by atoms with E-state index in [0.29, 0.717) is 23.1 Å². The molecule has 1 saturated carbocycles. The summed E-state index contributed by atoms with van der Waals surface area (Å²) in [6, 6.07) is 9.04. The molecule has 180 valence electrons. The van der Waals surface area contributed by atoms with Gasteiger partial charge in [0.1, 0.15) is 17.1 Å². The highest BCUT2D eigenvalue weighted by Gasteiger charge is 2.22. The van der Waals surface area contributed by atoms with E-state index in [1.165, 1.54) is 32.1 Å². The number of hydrogen-bond donors (Lipinski definition) is 3. The summed E-state index contributed by atoms with van der Waals surface area (Å²) in [7, 11) is 0. The van der Waals surface area contributed by atoms with Gasteiger partial charge in [0, 0.05) is 17.7 Å². The van der Waals surface area contributed by atoms with E-state index in [2.05, 4.69) is 15.6 Å². The fourth-order valence-corrected chi connectivity index (χ4v) is 4.59. The minimum absolute atomic E-state index is 0.0194. The van der Waals surface area contributed by atoms with Crippen molar-refractivity contribution in [2.75, 3.05) is 11.1 Å². The highest BCUT2D eigenvalue weighted by atomic mass is 16.5. The molecule has 0 spiro atoms. The first kappa shape index (κ1) is 23.5. The summed E-state index contributed by atoms with van der Waals surface area (Å²) in [5.41, 5.74) is 14.7. The van der Waals surface area contributed by atoms with Gasteiger partial charge in [-0.3, -0.25) is 14.9 Å². The largest absolute Gasteiger partial charge is 0.383 e. The Bertz CT molecular complexity index is 1160. The Balaban J connectivity index is 1.39. The molecule has 2 heterocycles. The molecule has 0 aliphatic heterocycles. The van der Waals surface area contributed by atoms with Gasteiger partial charge in [0.05, 0.1) is 12.1 Å². The molecule has 5 N–H and O–H groups in total. The van der Waals surface area contributed by atoms with Crippen LogP contribution in [0, 0.1) is 5.92 Å². The van der Waals surface area contributed by atoms with Crippen molar-refractivity contribution in [2.45, 2.75) is 64.8 Å². The van der Waals surface area contributed by atoms with Crippen molar-refractivity contribution in [3.63, 3.8) is 0 Å². The molecule has 1 aliphatic carbocycles. The second-order valence-electron chi connectivity index (χ2n) is 9.32. The highest BCUT2D eigenvalue weighted by molar-refractivity contribution is 6.03. The molecular formula is C25H32N6O3. The Morgan fingerprint density at radius 1 is 1.18 bits per heavy atom. The molecule has 0 bridgehead atoms. The zero-order chi connectivity index (χ0) is 24.2. The summed E-state index contributed by atoms with van der Waals surface area (Å²) < 4.78 is 6.89. The SMILES string of the molecule is CC(C)n1nc(-c2ccc(CC(=O)Nc3cc(CC4CCCCC4)no3)cc2)c(C(N)=O)c1N. The first-order chi connectivity index (χ1) is 16.3. The molecule has 0 atom stereocenters. The predicted molar refractivity (Wildman–Crippen MR) is 130 cm³/mol. The van der Waals surface area contributed by atoms with Gasteiger partial charge in [0.25, 0.3) is 5.91 Å². The Hall–Kier alpha value is -3.62. The molecule has 0 radical (unpaired) electrons. The predicted octanol–water partition coefficient (Wildman–Crippen LogP) is 4.10. The number of carbonyl (C=O) groups excluding carboxylic acids is 2. The van der Waals surface area contributed by atoms with Gasteiger partial charge in [-0.15, -0.1) is 0 Å². The zero-order valence-electron chi connectivity index (χ0n) is 19.7. The number of aromatic nitrogens is 3. The molecule has 3 aromatic rings. The molecule has 0 unspecified atom stereocenters. The van der Waals surface area contributed by atoms with Crippen LogP contribution in [-0.4, -0.2) is 26.8 Å². The van der Waals surface area contributed by atoms with Gasteiger partial charge in [0.15, 0.2) is 0 Å². The molecule has 34 heavy (non-hydrogen) atoms. The van der Waals surface area contributed by atoms with Crippen molar-refractivity contribution in [3.8, 4) is 11.3 Å². The lowest BCUT2D eigenvalue weighted by Gasteiger charge is -2.19. The van der Waals surface area contributed by atoms with Gasteiger partial charge in [0.2, 0.25) is 11.8 Å². The summed E-state index contributed by atoms with van der Waals surface area (Å²) >= 11 is 0. The lowest BCUT2D eigenvalue weighted by Crippen LogP contribution is -2.15. The van der Waals surface area contributed by atoms with Gasteiger partial charge >= 0.3 is 0 Å². The number of rotatable bonds is 8. The molecule has 4 rings (SSSR count). The van der Waals surface area contributed by atoms with Gasteiger partial charge in [-0.05, 0) is 31.7 Å². The molecule has 0 saturated heterocycles. The Labute approximate surface area is 198 Å². The summed E-state index contributed by atoms with van der Waals surface area (Å²) in [6.07, 6.45) is 7.41. The summed E-state index contributed by atoms with van der Waals surface area (Å²) in [5.74, 6) is 0.444. The van der Waals surface area contributed by atoms with Crippen LogP contribution in [0.2, 0.25) is 0 Å². The van der Waals surface area contributed by atoms with Crippen LogP contribution in [0.25, 0.3) is 11.3 Å². The fraction of sp³-hybridized carbons (Fsp3) is 0.440. The first-order valence-electron chi connectivity index (χ1n) is 11.8. The lowest BCUT2D eigenvalue weighted by molar-refractivity contribution is -0.115. The van der Waals surface area contributed by atoms with Gasteiger partial charge in [-0.1, -0.05) is 61.5 Å². The number of amides is 2.